The van der Waals surface area contributed by atoms with Crippen molar-refractivity contribution < 1.29 is 18.1 Å². The largest absolute Gasteiger partial charge is 0.338 e. The Hall–Kier alpha value is -2.44. The van der Waals surface area contributed by atoms with E-state index in [0.29, 0.717) is 36.5 Å². The molecule has 0 atom stereocenters. The topological polar surface area (TPSA) is 135 Å². The van der Waals surface area contributed by atoms with Crippen molar-refractivity contribution in [3.63, 3.8) is 0 Å². The summed E-state index contributed by atoms with van der Waals surface area (Å²) >= 11 is 1.07. The average molecular weight is 425 g/mol. The summed E-state index contributed by atoms with van der Waals surface area (Å²) in [4.78, 5) is 24.7. The van der Waals surface area contributed by atoms with Crippen molar-refractivity contribution in [3.05, 3.63) is 45.0 Å². The number of carbonyl (C=O) groups excluding carboxylic acids is 1. The molecular formula is C16H19N5O5S2. The van der Waals surface area contributed by atoms with E-state index in [4.69, 9.17) is 0 Å². The number of rotatable bonds is 6. The summed E-state index contributed by atoms with van der Waals surface area (Å²) in [5.41, 5.74) is 0.151. The molecule has 28 heavy (non-hydrogen) atoms. The van der Waals surface area contributed by atoms with Gasteiger partial charge in [0.05, 0.1) is 10.6 Å². The zero-order chi connectivity index (χ0) is 20.3. The normalized spacial score (nSPS) is 15.5. The third kappa shape index (κ3) is 4.34. The van der Waals surface area contributed by atoms with Gasteiger partial charge in [-0.05, 0) is 43.3 Å². The molecule has 1 aliphatic rings. The Labute approximate surface area is 165 Å². The summed E-state index contributed by atoms with van der Waals surface area (Å²) in [6.07, 6.45) is 1.27. The molecular weight excluding hydrogens is 406 g/mol. The Kier molecular flexibility index (Phi) is 6.01. The lowest BCUT2D eigenvalue weighted by atomic mass is 9.97. The number of aromatic nitrogens is 2. The molecule has 150 valence electrons. The first-order valence-corrected chi connectivity index (χ1v) is 10.9. The van der Waals surface area contributed by atoms with Crippen LogP contribution in [0, 0.1) is 23.0 Å². The summed E-state index contributed by atoms with van der Waals surface area (Å²) in [6.45, 7) is 2.92. The first-order chi connectivity index (χ1) is 13.3. The lowest BCUT2D eigenvalue weighted by Gasteiger charge is -2.31. The maximum Gasteiger partial charge on any atom is 0.289 e. The Balaban J connectivity index is 1.58. The Morgan fingerprint density at radius 2 is 2.04 bits per heavy atom. The second kappa shape index (κ2) is 8.29. The predicted molar refractivity (Wildman–Crippen MR) is 102 cm³/mol. The van der Waals surface area contributed by atoms with E-state index in [1.165, 1.54) is 18.2 Å². The van der Waals surface area contributed by atoms with Crippen LogP contribution < -0.4 is 4.72 Å². The van der Waals surface area contributed by atoms with Crippen LogP contribution in [0.3, 0.4) is 0 Å². The molecule has 10 nitrogen and oxygen atoms in total. The van der Waals surface area contributed by atoms with Crippen LogP contribution in [0.5, 0.6) is 0 Å². The van der Waals surface area contributed by atoms with Crippen LogP contribution >= 0.6 is 11.5 Å². The maximum atomic E-state index is 12.5. The molecule has 0 radical (unpaired) electrons. The van der Waals surface area contributed by atoms with Crippen molar-refractivity contribution in [3.8, 4) is 0 Å². The first kappa shape index (κ1) is 20.3. The van der Waals surface area contributed by atoms with Gasteiger partial charge in [-0.3, -0.25) is 14.9 Å². The fourth-order valence-electron chi connectivity index (χ4n) is 3.05. The highest BCUT2D eigenvalue weighted by Gasteiger charge is 2.29. The second-order valence-corrected chi connectivity index (χ2v) is 8.99. The Morgan fingerprint density at radius 3 is 2.64 bits per heavy atom. The van der Waals surface area contributed by atoms with E-state index in [-0.39, 0.29) is 23.3 Å². The van der Waals surface area contributed by atoms with E-state index in [1.54, 1.807) is 11.8 Å². The minimum Gasteiger partial charge on any atom is -0.338 e. The molecule has 1 amide bonds. The van der Waals surface area contributed by atoms with Crippen molar-refractivity contribution in [1.82, 2.24) is 19.2 Å². The number of nitro groups is 1. The molecule has 1 aromatic carbocycles. The summed E-state index contributed by atoms with van der Waals surface area (Å²) in [7, 11) is -3.99. The van der Waals surface area contributed by atoms with Crippen molar-refractivity contribution in [1.29, 1.82) is 0 Å². The molecule has 1 saturated heterocycles. The number of nitrogens with one attached hydrogen (secondary N) is 1. The van der Waals surface area contributed by atoms with E-state index >= 15 is 0 Å². The number of carbonyl (C=O) groups is 1. The highest BCUT2D eigenvalue weighted by Crippen LogP contribution is 2.24. The lowest BCUT2D eigenvalue weighted by Crippen LogP contribution is -2.41. The van der Waals surface area contributed by atoms with Crippen molar-refractivity contribution in [2.24, 2.45) is 5.92 Å². The number of nitro benzene ring substituents is 1. The van der Waals surface area contributed by atoms with Gasteiger partial charge in [-0.2, -0.15) is 0 Å². The van der Waals surface area contributed by atoms with Crippen molar-refractivity contribution >= 4 is 33.2 Å². The third-order valence-corrected chi connectivity index (χ3v) is 6.95. The molecule has 0 aliphatic carbocycles. The number of aryl methyl sites for hydroxylation is 1. The number of hydrogen-bond acceptors (Lipinski definition) is 8. The molecule has 2 aromatic rings. The van der Waals surface area contributed by atoms with E-state index < -0.39 is 20.6 Å². The molecule has 1 N–H and O–H groups in total. The number of likely N-dealkylation sites (tertiary alicyclic amines) is 1. The van der Waals surface area contributed by atoms with E-state index in [9.17, 15) is 23.3 Å². The van der Waals surface area contributed by atoms with Crippen molar-refractivity contribution in [2.45, 2.75) is 24.7 Å². The summed E-state index contributed by atoms with van der Waals surface area (Å²) in [5.74, 6) is -0.0614. The van der Waals surface area contributed by atoms with Crippen LogP contribution in [0.25, 0.3) is 0 Å². The van der Waals surface area contributed by atoms with Crippen molar-refractivity contribution in [2.75, 3.05) is 19.6 Å². The van der Waals surface area contributed by atoms with E-state index in [1.807, 2.05) is 0 Å². The van der Waals surface area contributed by atoms with Crippen LogP contribution in [-0.2, 0) is 10.0 Å². The van der Waals surface area contributed by atoms with Gasteiger partial charge in [0.2, 0.25) is 10.0 Å². The van der Waals surface area contributed by atoms with Gasteiger partial charge in [-0.1, -0.05) is 16.6 Å². The van der Waals surface area contributed by atoms with Crippen LogP contribution in [-0.4, -0.2) is 53.4 Å². The SMILES string of the molecule is Cc1nnsc1C(=O)N1CCC(CNS(=O)(=O)c2ccccc2[N+](=O)[O-])CC1. The monoisotopic (exact) mass is 425 g/mol. The molecule has 2 heterocycles. The average Bonchev–Trinajstić information content (AvgIpc) is 3.12. The standard InChI is InChI=1S/C16H19N5O5S2/c1-11-15(27-19-18-11)16(22)20-8-6-12(7-9-20)10-17-28(25,26)14-5-3-2-4-13(14)21(23)24/h2-5,12,17H,6-10H2,1H3. The number of nitrogens with zero attached hydrogens (tertiary/aromatic N) is 4. The second-order valence-electron chi connectivity index (χ2n) is 6.50. The minimum absolute atomic E-state index is 0.0438. The maximum absolute atomic E-state index is 12.5. The summed E-state index contributed by atoms with van der Waals surface area (Å²) in [6, 6.07) is 5.24. The van der Waals surface area contributed by atoms with Gasteiger partial charge < -0.3 is 4.90 Å². The number of piperidine rings is 1. The molecule has 0 unspecified atom stereocenters. The molecule has 0 spiro atoms. The number of hydrogen-bond donors (Lipinski definition) is 1. The Morgan fingerprint density at radius 1 is 1.36 bits per heavy atom. The fraction of sp³-hybridized carbons (Fsp3) is 0.438. The Bertz CT molecular complexity index is 983. The number of amides is 1. The van der Waals surface area contributed by atoms with Gasteiger partial charge in [0.1, 0.15) is 4.88 Å². The van der Waals surface area contributed by atoms with E-state index in [0.717, 1.165) is 17.6 Å². The van der Waals surface area contributed by atoms with Gasteiger partial charge >= 0.3 is 0 Å². The molecule has 1 aromatic heterocycles. The number of sulfonamides is 1. The quantitative estimate of drug-likeness (QED) is 0.548. The molecule has 0 bridgehead atoms. The molecule has 1 aliphatic heterocycles. The van der Waals surface area contributed by atoms with Gasteiger partial charge in [-0.25, -0.2) is 13.1 Å². The molecule has 0 saturated carbocycles. The fourth-order valence-corrected chi connectivity index (χ4v) is 4.96. The van der Waals surface area contributed by atoms with Gasteiger partial charge in [-0.15, -0.1) is 5.10 Å². The molecule has 3 rings (SSSR count). The third-order valence-electron chi connectivity index (χ3n) is 4.66. The van der Waals surface area contributed by atoms with Gasteiger partial charge in [0.15, 0.2) is 4.90 Å². The lowest BCUT2D eigenvalue weighted by molar-refractivity contribution is -0.387. The summed E-state index contributed by atoms with van der Waals surface area (Å²) in [5, 5.41) is 14.9. The number of para-hydroxylation sites is 1. The zero-order valence-electron chi connectivity index (χ0n) is 15.1. The van der Waals surface area contributed by atoms with Gasteiger partial charge in [0, 0.05) is 25.7 Å². The number of benzene rings is 1. The van der Waals surface area contributed by atoms with E-state index in [2.05, 4.69) is 14.3 Å². The van der Waals surface area contributed by atoms with Crippen LogP contribution in [0.1, 0.15) is 28.2 Å². The predicted octanol–water partition coefficient (Wildman–Crippen LogP) is 1.59. The molecule has 1 fully saturated rings. The van der Waals surface area contributed by atoms with Crippen LogP contribution in [0.2, 0.25) is 0 Å². The van der Waals surface area contributed by atoms with Crippen LogP contribution in [0.4, 0.5) is 5.69 Å². The minimum atomic E-state index is -3.99. The highest BCUT2D eigenvalue weighted by molar-refractivity contribution is 7.89. The van der Waals surface area contributed by atoms with Gasteiger partial charge in [0.25, 0.3) is 11.6 Å². The zero-order valence-corrected chi connectivity index (χ0v) is 16.7. The van der Waals surface area contributed by atoms with Crippen LogP contribution in [0.15, 0.2) is 29.2 Å². The first-order valence-electron chi connectivity index (χ1n) is 8.61. The highest BCUT2D eigenvalue weighted by atomic mass is 32.2. The summed E-state index contributed by atoms with van der Waals surface area (Å²) < 4.78 is 31.2. The molecule has 12 heteroatoms. The smallest absolute Gasteiger partial charge is 0.289 e.